The minimum Gasteiger partial charge on any atom is -0.629 e. The number of carbonyl (C=O) groups excluding carboxylic acids is 1. The Morgan fingerprint density at radius 2 is 1.79 bits per heavy atom. The van der Waals surface area contributed by atoms with Gasteiger partial charge in [-0.05, 0) is 24.3 Å². The lowest BCUT2D eigenvalue weighted by Crippen LogP contribution is -3.03. The molecular weight excluding hydrogens is 442 g/mol. The molecule has 170 valence electrons. The summed E-state index contributed by atoms with van der Waals surface area (Å²) in [6, 6.07) is 20.7. The number of methoxy groups -OCH3 is 1. The van der Waals surface area contributed by atoms with Gasteiger partial charge in [-0.25, -0.2) is 8.42 Å². The van der Waals surface area contributed by atoms with E-state index < -0.39 is 21.9 Å². The summed E-state index contributed by atoms with van der Waals surface area (Å²) in [5.74, 6) is -0.405. The molecule has 1 amide bonds. The fourth-order valence-corrected chi connectivity index (χ4v) is 4.35. The van der Waals surface area contributed by atoms with E-state index in [1.807, 2.05) is 42.5 Å². The van der Waals surface area contributed by atoms with Crippen molar-refractivity contribution in [3.8, 4) is 5.75 Å². The van der Waals surface area contributed by atoms with Crippen LogP contribution in [0.15, 0.2) is 82.7 Å². The van der Waals surface area contributed by atoms with Gasteiger partial charge in [-0.1, -0.05) is 42.5 Å². The molecule has 1 aliphatic heterocycles. The Hall–Kier alpha value is -3.53. The predicted molar refractivity (Wildman–Crippen MR) is 125 cm³/mol. The molecule has 0 saturated carbocycles. The Kier molecular flexibility index (Phi) is 6.28. The van der Waals surface area contributed by atoms with Crippen molar-refractivity contribution < 1.29 is 23.0 Å². The molecule has 2 unspecified atom stereocenters. The van der Waals surface area contributed by atoms with Crippen molar-refractivity contribution in [1.82, 2.24) is 5.32 Å². The fourth-order valence-electron chi connectivity index (χ4n) is 3.72. The molecule has 2 N–H and O–H groups in total. The highest BCUT2D eigenvalue weighted by molar-refractivity contribution is 7.90. The molecule has 33 heavy (non-hydrogen) atoms. The van der Waals surface area contributed by atoms with Gasteiger partial charge in [-0.15, -0.1) is 0 Å². The van der Waals surface area contributed by atoms with Gasteiger partial charge >= 0.3 is 0 Å². The lowest BCUT2D eigenvalue weighted by atomic mass is 10.0. The number of fused-ring (bicyclic) bond motifs is 1. The third kappa shape index (κ3) is 4.80. The molecule has 0 radical (unpaired) electrons. The summed E-state index contributed by atoms with van der Waals surface area (Å²) in [7, 11) is -2.11. The molecular formula is C24H23N3O5S. The van der Waals surface area contributed by atoms with Gasteiger partial charge in [0.1, 0.15) is 18.0 Å². The monoisotopic (exact) mass is 465 g/mol. The Morgan fingerprint density at radius 1 is 1.09 bits per heavy atom. The number of amides is 1. The number of rotatable bonds is 5. The van der Waals surface area contributed by atoms with Crippen LogP contribution in [0.4, 0.5) is 5.69 Å². The molecule has 0 fully saturated rings. The normalized spacial score (nSPS) is 18.0. The van der Waals surface area contributed by atoms with Crippen LogP contribution in [0.25, 0.3) is 0 Å². The van der Waals surface area contributed by atoms with Crippen LogP contribution in [-0.4, -0.2) is 46.1 Å². The molecule has 3 aromatic rings. The second-order valence-corrected chi connectivity index (χ2v) is 9.66. The number of hydroxylamine groups is 1. The highest BCUT2D eigenvalue weighted by Gasteiger charge is 2.27. The van der Waals surface area contributed by atoms with Crippen molar-refractivity contribution in [1.29, 1.82) is 0 Å². The van der Waals surface area contributed by atoms with Gasteiger partial charge in [0, 0.05) is 17.9 Å². The van der Waals surface area contributed by atoms with E-state index in [9.17, 15) is 18.4 Å². The Morgan fingerprint density at radius 3 is 2.48 bits per heavy atom. The summed E-state index contributed by atoms with van der Waals surface area (Å²) in [6.07, 6.45) is 0.266. The maximum Gasteiger partial charge on any atom is 0.256 e. The number of benzodiazepines with no additional fused rings is 1. The quantitative estimate of drug-likeness (QED) is 0.557. The average molecular weight is 466 g/mol. The van der Waals surface area contributed by atoms with E-state index in [-0.39, 0.29) is 27.8 Å². The standard InChI is InChI=1S/C24H23N3O5S/c1-32-21-14-17(33(2,30)31)12-13-19(21)24(28)26-22-15-27(29)20-11-7-6-10-18(20)23(25-22)16-8-4-3-5-9-16/h3-14,22,27H,15H2,1-2H3,(H,26,28). The third-order valence-electron chi connectivity index (χ3n) is 5.34. The molecule has 2 atom stereocenters. The molecule has 3 aromatic carbocycles. The average Bonchev–Trinajstić information content (AvgIpc) is 2.95. The number of quaternary nitrogens is 1. The Bertz CT molecular complexity index is 1320. The van der Waals surface area contributed by atoms with E-state index in [0.717, 1.165) is 11.8 Å². The lowest BCUT2D eigenvalue weighted by Gasteiger charge is -2.24. The number of hydrogen-bond acceptors (Lipinski definition) is 6. The largest absolute Gasteiger partial charge is 0.629 e. The fraction of sp³-hybridized carbons (Fsp3) is 0.167. The third-order valence-corrected chi connectivity index (χ3v) is 6.45. The predicted octanol–water partition coefficient (Wildman–Crippen LogP) is 1.72. The number of ether oxygens (including phenoxy) is 1. The van der Waals surface area contributed by atoms with Crippen LogP contribution in [0.5, 0.6) is 5.75 Å². The lowest BCUT2D eigenvalue weighted by molar-refractivity contribution is -0.777. The number of para-hydroxylation sites is 1. The van der Waals surface area contributed by atoms with Crippen LogP contribution in [0.2, 0.25) is 0 Å². The van der Waals surface area contributed by atoms with Gasteiger partial charge in [0.2, 0.25) is 0 Å². The zero-order chi connectivity index (χ0) is 23.6. The second-order valence-electron chi connectivity index (χ2n) is 7.64. The molecule has 0 spiro atoms. The molecule has 0 aliphatic carbocycles. The first-order valence-electron chi connectivity index (χ1n) is 10.2. The van der Waals surface area contributed by atoms with Crippen molar-refractivity contribution in [2.45, 2.75) is 11.1 Å². The highest BCUT2D eigenvalue weighted by Crippen LogP contribution is 2.24. The van der Waals surface area contributed by atoms with Crippen LogP contribution < -0.4 is 15.1 Å². The van der Waals surface area contributed by atoms with Gasteiger partial charge in [0.05, 0.1) is 28.8 Å². The summed E-state index contributed by atoms with van der Waals surface area (Å²) in [5, 5.41) is 15.6. The number of nitrogens with zero attached hydrogens (tertiary/aromatic N) is 1. The molecule has 0 bridgehead atoms. The molecule has 4 rings (SSSR count). The molecule has 1 aliphatic rings. The van der Waals surface area contributed by atoms with Gasteiger partial charge in [0.25, 0.3) is 5.91 Å². The van der Waals surface area contributed by atoms with Crippen molar-refractivity contribution in [2.75, 3.05) is 19.9 Å². The zero-order valence-corrected chi connectivity index (χ0v) is 18.9. The maximum atomic E-state index is 13.1. The summed E-state index contributed by atoms with van der Waals surface area (Å²) in [5.41, 5.74) is 2.85. The van der Waals surface area contributed by atoms with Crippen LogP contribution in [0.1, 0.15) is 21.5 Å². The van der Waals surface area contributed by atoms with E-state index >= 15 is 0 Å². The SMILES string of the molecule is COc1cc(S(C)(=O)=O)ccc1C(=O)NC1C[NH+]([O-])c2ccccc2C(c2ccccc2)=N1. The minimum atomic E-state index is -3.46. The summed E-state index contributed by atoms with van der Waals surface area (Å²) >= 11 is 0. The number of carbonyl (C=O) groups is 1. The molecule has 9 heteroatoms. The van der Waals surface area contributed by atoms with E-state index in [1.165, 1.54) is 25.3 Å². The van der Waals surface area contributed by atoms with Gasteiger partial charge in [-0.3, -0.25) is 9.79 Å². The first-order chi connectivity index (χ1) is 15.8. The second kappa shape index (κ2) is 9.14. The smallest absolute Gasteiger partial charge is 0.256 e. The zero-order valence-electron chi connectivity index (χ0n) is 18.1. The number of sulfone groups is 1. The van der Waals surface area contributed by atoms with Crippen molar-refractivity contribution in [3.05, 3.63) is 94.7 Å². The van der Waals surface area contributed by atoms with E-state index in [2.05, 4.69) is 5.32 Å². The van der Waals surface area contributed by atoms with Gasteiger partial charge in [-0.2, -0.15) is 0 Å². The topological polar surface area (TPSA) is 112 Å². The molecule has 1 heterocycles. The Balaban J connectivity index is 1.70. The van der Waals surface area contributed by atoms with Crippen LogP contribution in [0, 0.1) is 5.21 Å². The highest BCUT2D eigenvalue weighted by atomic mass is 32.2. The maximum absolute atomic E-state index is 13.1. The van der Waals surface area contributed by atoms with Crippen LogP contribution in [-0.2, 0) is 9.84 Å². The van der Waals surface area contributed by atoms with Crippen molar-refractivity contribution in [3.63, 3.8) is 0 Å². The first kappa shape index (κ1) is 22.7. The van der Waals surface area contributed by atoms with E-state index in [0.29, 0.717) is 17.0 Å². The number of aliphatic imine (C=N–C) groups is 1. The van der Waals surface area contributed by atoms with E-state index in [4.69, 9.17) is 9.73 Å². The molecule has 8 nitrogen and oxygen atoms in total. The van der Waals surface area contributed by atoms with Crippen molar-refractivity contribution >= 4 is 27.1 Å². The van der Waals surface area contributed by atoms with Crippen molar-refractivity contribution in [2.24, 2.45) is 4.99 Å². The Labute approximate surface area is 192 Å². The number of nitrogens with one attached hydrogen (secondary N) is 2. The summed E-state index contributed by atoms with van der Waals surface area (Å²) in [4.78, 5) is 17.9. The molecule has 0 saturated heterocycles. The van der Waals surface area contributed by atoms with E-state index in [1.54, 1.807) is 12.1 Å². The minimum absolute atomic E-state index is 0.0111. The van der Waals surface area contributed by atoms with Crippen LogP contribution in [0.3, 0.4) is 0 Å². The first-order valence-corrected chi connectivity index (χ1v) is 12.1. The van der Waals surface area contributed by atoms with Gasteiger partial charge < -0.3 is 20.3 Å². The summed E-state index contributed by atoms with van der Waals surface area (Å²) < 4.78 is 28.9. The van der Waals surface area contributed by atoms with Gasteiger partial charge in [0.15, 0.2) is 16.0 Å². The number of benzene rings is 3. The summed E-state index contributed by atoms with van der Waals surface area (Å²) in [6.45, 7) is -0.0111. The number of hydrogen-bond donors (Lipinski definition) is 2. The van der Waals surface area contributed by atoms with Crippen LogP contribution >= 0.6 is 0 Å². The molecule has 0 aromatic heterocycles.